The van der Waals surface area contributed by atoms with E-state index in [2.05, 4.69) is 10.6 Å². The third kappa shape index (κ3) is 5.70. The Bertz CT molecular complexity index is 992. The highest BCUT2D eigenvalue weighted by molar-refractivity contribution is 8.01. The zero-order valence-corrected chi connectivity index (χ0v) is 18.8. The Morgan fingerprint density at radius 1 is 1.09 bits per heavy atom. The van der Waals surface area contributed by atoms with Crippen molar-refractivity contribution in [3.8, 4) is 0 Å². The van der Waals surface area contributed by atoms with Gasteiger partial charge in [-0.25, -0.2) is 0 Å². The highest BCUT2D eigenvalue weighted by Crippen LogP contribution is 2.39. The molecule has 176 valence electrons. The van der Waals surface area contributed by atoms with Crippen molar-refractivity contribution in [2.75, 3.05) is 25.4 Å². The van der Waals surface area contributed by atoms with E-state index in [1.54, 1.807) is 16.7 Å². The van der Waals surface area contributed by atoms with Crippen LogP contribution in [0.25, 0.3) is 0 Å². The van der Waals surface area contributed by atoms with Crippen molar-refractivity contribution in [3.63, 3.8) is 0 Å². The van der Waals surface area contributed by atoms with Gasteiger partial charge in [0.2, 0.25) is 5.91 Å². The lowest BCUT2D eigenvalue weighted by Crippen LogP contribution is -2.54. The monoisotopic (exact) mass is 477 g/mol. The minimum Gasteiger partial charge on any atom is -0.354 e. The van der Waals surface area contributed by atoms with Crippen LogP contribution in [0.15, 0.2) is 54.6 Å². The molecule has 1 spiro atoms. The molecule has 0 aliphatic carbocycles. The fraction of sp³-hybridized carbons (Fsp3) is 0.417. The number of hydrogen-bond acceptors (Lipinski definition) is 4. The summed E-state index contributed by atoms with van der Waals surface area (Å²) in [7, 11) is 0. The number of piperidine rings is 1. The van der Waals surface area contributed by atoms with Crippen molar-refractivity contribution in [1.29, 1.82) is 0 Å². The van der Waals surface area contributed by atoms with Gasteiger partial charge in [0.05, 0.1) is 16.5 Å². The van der Waals surface area contributed by atoms with E-state index in [4.69, 9.17) is 0 Å². The molecule has 2 aliphatic heterocycles. The molecule has 2 aromatic rings. The first-order valence-electron chi connectivity index (χ1n) is 11.0. The Morgan fingerprint density at radius 3 is 2.52 bits per heavy atom. The highest BCUT2D eigenvalue weighted by atomic mass is 32.2. The Morgan fingerprint density at radius 2 is 1.82 bits per heavy atom. The lowest BCUT2D eigenvalue weighted by Gasteiger charge is -2.39. The second kappa shape index (κ2) is 9.77. The maximum absolute atomic E-state index is 13.0. The van der Waals surface area contributed by atoms with Crippen LogP contribution < -0.4 is 10.6 Å². The Labute approximate surface area is 195 Å². The number of nitrogens with zero attached hydrogens (tertiary/aromatic N) is 1. The van der Waals surface area contributed by atoms with E-state index in [0.29, 0.717) is 38.2 Å². The molecule has 2 heterocycles. The number of carbonyl (C=O) groups excluding carboxylic acids is 2. The summed E-state index contributed by atoms with van der Waals surface area (Å²) in [6, 6.07) is 14.2. The van der Waals surface area contributed by atoms with Gasteiger partial charge in [0.25, 0.3) is 5.91 Å². The Hall–Kier alpha value is -2.52. The van der Waals surface area contributed by atoms with Crippen LogP contribution >= 0.6 is 11.8 Å². The molecular formula is C24H26F3N3O2S. The van der Waals surface area contributed by atoms with E-state index in [-0.39, 0.29) is 22.4 Å². The van der Waals surface area contributed by atoms with Crippen LogP contribution in [0.4, 0.5) is 13.2 Å². The van der Waals surface area contributed by atoms with Gasteiger partial charge in [-0.1, -0.05) is 36.4 Å². The van der Waals surface area contributed by atoms with Gasteiger partial charge in [0.15, 0.2) is 0 Å². The molecule has 5 nitrogen and oxygen atoms in total. The van der Waals surface area contributed by atoms with E-state index in [0.717, 1.165) is 18.6 Å². The average molecular weight is 478 g/mol. The molecule has 33 heavy (non-hydrogen) atoms. The second-order valence-electron chi connectivity index (χ2n) is 8.40. The van der Waals surface area contributed by atoms with Crippen molar-refractivity contribution < 1.29 is 22.8 Å². The minimum atomic E-state index is -4.48. The smallest absolute Gasteiger partial charge is 0.354 e. The lowest BCUT2D eigenvalue weighted by molar-refractivity contribution is -0.137. The van der Waals surface area contributed by atoms with Gasteiger partial charge in [-0.15, -0.1) is 11.8 Å². The highest BCUT2D eigenvalue weighted by Gasteiger charge is 2.44. The molecule has 2 fully saturated rings. The van der Waals surface area contributed by atoms with Crippen LogP contribution in [0, 0.1) is 0 Å². The number of hydrogen-bond donors (Lipinski definition) is 2. The number of thioether (sulfide) groups is 1. The number of likely N-dealkylation sites (tertiary alicyclic amines) is 1. The number of alkyl halides is 3. The van der Waals surface area contributed by atoms with E-state index in [1.807, 2.05) is 30.3 Å². The summed E-state index contributed by atoms with van der Waals surface area (Å²) in [6.45, 7) is 1.42. The van der Waals surface area contributed by atoms with Gasteiger partial charge in [-0.2, -0.15) is 13.2 Å². The number of amides is 2. The Kier molecular flexibility index (Phi) is 6.99. The van der Waals surface area contributed by atoms with E-state index < -0.39 is 17.6 Å². The van der Waals surface area contributed by atoms with Crippen LogP contribution in [0.3, 0.4) is 0 Å². The van der Waals surface area contributed by atoms with Crippen LogP contribution in [0.5, 0.6) is 0 Å². The summed E-state index contributed by atoms with van der Waals surface area (Å²) in [4.78, 5) is 26.7. The topological polar surface area (TPSA) is 61.4 Å². The molecule has 2 aliphatic rings. The van der Waals surface area contributed by atoms with Crippen molar-refractivity contribution in [2.24, 2.45) is 0 Å². The first kappa shape index (κ1) is 23.6. The predicted molar refractivity (Wildman–Crippen MR) is 122 cm³/mol. The molecule has 2 amide bonds. The molecule has 2 saturated heterocycles. The van der Waals surface area contributed by atoms with Gasteiger partial charge >= 0.3 is 6.18 Å². The van der Waals surface area contributed by atoms with Crippen molar-refractivity contribution in [2.45, 2.75) is 36.4 Å². The number of rotatable bonds is 5. The van der Waals surface area contributed by atoms with Gasteiger partial charge in [-0.3, -0.25) is 14.9 Å². The van der Waals surface area contributed by atoms with Crippen LogP contribution in [-0.2, 0) is 17.4 Å². The molecule has 1 atom stereocenters. The van der Waals surface area contributed by atoms with Crippen molar-refractivity contribution >= 4 is 23.6 Å². The summed E-state index contributed by atoms with van der Waals surface area (Å²) in [5, 5.41) is 6.44. The molecule has 0 radical (unpaired) electrons. The third-order valence-corrected chi connectivity index (χ3v) is 7.71. The molecule has 2 aromatic carbocycles. The first-order chi connectivity index (χ1) is 15.8. The second-order valence-corrected chi connectivity index (χ2v) is 9.80. The van der Waals surface area contributed by atoms with E-state index >= 15 is 0 Å². The van der Waals surface area contributed by atoms with E-state index in [9.17, 15) is 22.8 Å². The molecule has 0 saturated carbocycles. The molecule has 0 bridgehead atoms. The van der Waals surface area contributed by atoms with Gasteiger partial charge in [0, 0.05) is 31.0 Å². The summed E-state index contributed by atoms with van der Waals surface area (Å²) >= 11 is 1.69. The molecule has 9 heteroatoms. The van der Waals surface area contributed by atoms with Crippen molar-refractivity contribution in [1.82, 2.24) is 15.5 Å². The van der Waals surface area contributed by atoms with Crippen LogP contribution in [-0.4, -0.2) is 53.0 Å². The molecular weight excluding hydrogens is 451 g/mol. The molecule has 1 unspecified atom stereocenters. The third-order valence-electron chi connectivity index (χ3n) is 6.13. The first-order valence-corrected chi connectivity index (χ1v) is 11.9. The van der Waals surface area contributed by atoms with Gasteiger partial charge < -0.3 is 10.2 Å². The minimum absolute atomic E-state index is 0.0298. The molecule has 4 rings (SSSR count). The maximum atomic E-state index is 13.0. The number of halogens is 3. The largest absolute Gasteiger partial charge is 0.416 e. The fourth-order valence-electron chi connectivity index (χ4n) is 4.25. The summed E-state index contributed by atoms with van der Waals surface area (Å²) in [5.74, 6) is 0.227. The summed E-state index contributed by atoms with van der Waals surface area (Å²) in [5.41, 5.74) is 0.389. The van der Waals surface area contributed by atoms with Crippen LogP contribution in [0.2, 0.25) is 0 Å². The van der Waals surface area contributed by atoms with Gasteiger partial charge in [0.1, 0.15) is 0 Å². The average Bonchev–Trinajstić information content (AvgIpc) is 3.23. The predicted octanol–water partition coefficient (Wildman–Crippen LogP) is 3.70. The Balaban J connectivity index is 1.27. The number of nitrogens with one attached hydrogen (secondary N) is 2. The number of carbonyl (C=O) groups is 2. The zero-order valence-electron chi connectivity index (χ0n) is 18.0. The SMILES string of the molecule is O=C(NCCc1ccccc1)C1CSC2(CCN(C(=O)c3cccc(C(F)(F)F)c3)CC2)N1. The van der Waals surface area contributed by atoms with Crippen LogP contribution in [0.1, 0.15) is 34.3 Å². The zero-order chi connectivity index (χ0) is 23.5. The molecule has 0 aromatic heterocycles. The standard InChI is InChI=1S/C24H26F3N3O2S/c25-24(26,27)19-8-4-7-18(15-19)22(32)30-13-10-23(11-14-30)29-20(16-33-23)21(31)28-12-9-17-5-2-1-3-6-17/h1-8,15,20,29H,9-14,16H2,(H,28,31). The fourth-order valence-corrected chi connectivity index (χ4v) is 5.67. The normalized spacial score (nSPS) is 20.1. The molecule has 2 N–H and O–H groups in total. The van der Waals surface area contributed by atoms with Gasteiger partial charge in [-0.05, 0) is 43.0 Å². The lowest BCUT2D eigenvalue weighted by atomic mass is 10.0. The number of benzene rings is 2. The quantitative estimate of drug-likeness (QED) is 0.690. The van der Waals surface area contributed by atoms with E-state index in [1.165, 1.54) is 17.7 Å². The summed E-state index contributed by atoms with van der Waals surface area (Å²) < 4.78 is 38.9. The maximum Gasteiger partial charge on any atom is 0.416 e. The van der Waals surface area contributed by atoms with Crippen molar-refractivity contribution in [3.05, 3.63) is 71.3 Å². The summed E-state index contributed by atoms with van der Waals surface area (Å²) in [6.07, 6.45) is -2.44.